The average molecular weight is 199 g/mol. The van der Waals surface area contributed by atoms with E-state index in [4.69, 9.17) is 9.47 Å². The van der Waals surface area contributed by atoms with E-state index in [2.05, 4.69) is 12.2 Å². The van der Waals surface area contributed by atoms with E-state index in [-0.39, 0.29) is 0 Å². The number of nitrogens with one attached hydrogen (secondary N) is 1. The molecule has 2 aliphatic rings. The summed E-state index contributed by atoms with van der Waals surface area (Å²) < 4.78 is 10.9. The van der Waals surface area contributed by atoms with Crippen LogP contribution >= 0.6 is 0 Å². The van der Waals surface area contributed by atoms with E-state index in [1.54, 1.807) is 7.11 Å². The minimum Gasteiger partial charge on any atom is -0.381 e. The van der Waals surface area contributed by atoms with Crippen LogP contribution in [-0.2, 0) is 9.47 Å². The third kappa shape index (κ3) is 2.27. The first-order chi connectivity index (χ1) is 6.79. The summed E-state index contributed by atoms with van der Waals surface area (Å²) in [5.74, 6) is 0. The Bertz CT molecular complexity index is 174. The van der Waals surface area contributed by atoms with Crippen LogP contribution in [0, 0.1) is 0 Å². The molecule has 1 heterocycles. The zero-order valence-electron chi connectivity index (χ0n) is 9.16. The minimum absolute atomic E-state index is 0.441. The zero-order valence-corrected chi connectivity index (χ0v) is 9.16. The molecule has 1 aliphatic carbocycles. The van der Waals surface area contributed by atoms with Gasteiger partial charge in [-0.15, -0.1) is 0 Å². The van der Waals surface area contributed by atoms with Crippen molar-refractivity contribution in [3.8, 4) is 0 Å². The number of ether oxygens (including phenoxy) is 2. The Morgan fingerprint density at radius 3 is 2.79 bits per heavy atom. The third-order valence-corrected chi connectivity index (χ3v) is 3.45. The van der Waals surface area contributed by atoms with Gasteiger partial charge in [0, 0.05) is 25.8 Å². The second kappa shape index (κ2) is 4.60. The van der Waals surface area contributed by atoms with Gasteiger partial charge in [-0.2, -0.15) is 0 Å². The standard InChI is InChI=1S/C11H21NO2/c1-8(11-4-3-5-14-11)12-9-6-10(7-9)13-2/h8-12H,3-7H2,1-2H3. The fraction of sp³-hybridized carbons (Fsp3) is 1.00. The highest BCUT2D eigenvalue weighted by molar-refractivity contribution is 4.89. The lowest BCUT2D eigenvalue weighted by Crippen LogP contribution is -2.51. The molecule has 0 amide bonds. The largest absolute Gasteiger partial charge is 0.381 e. The van der Waals surface area contributed by atoms with Gasteiger partial charge < -0.3 is 14.8 Å². The maximum absolute atomic E-state index is 5.64. The Balaban J connectivity index is 1.65. The molecular weight excluding hydrogens is 178 g/mol. The Morgan fingerprint density at radius 2 is 2.21 bits per heavy atom. The van der Waals surface area contributed by atoms with E-state index in [0.717, 1.165) is 19.4 Å². The van der Waals surface area contributed by atoms with Crippen LogP contribution in [0.1, 0.15) is 32.6 Å². The summed E-state index contributed by atoms with van der Waals surface area (Å²) >= 11 is 0. The Morgan fingerprint density at radius 1 is 1.43 bits per heavy atom. The zero-order chi connectivity index (χ0) is 9.97. The molecule has 0 bridgehead atoms. The molecule has 0 radical (unpaired) electrons. The first-order valence-corrected chi connectivity index (χ1v) is 5.70. The molecule has 1 aliphatic heterocycles. The van der Waals surface area contributed by atoms with E-state index in [9.17, 15) is 0 Å². The number of hydrogen-bond donors (Lipinski definition) is 1. The average Bonchev–Trinajstić information content (AvgIpc) is 2.62. The van der Waals surface area contributed by atoms with Crippen LogP contribution in [0.2, 0.25) is 0 Å². The predicted molar refractivity (Wildman–Crippen MR) is 55.4 cm³/mol. The highest BCUT2D eigenvalue weighted by atomic mass is 16.5. The van der Waals surface area contributed by atoms with Crippen molar-refractivity contribution in [1.82, 2.24) is 5.32 Å². The summed E-state index contributed by atoms with van der Waals surface area (Å²) in [4.78, 5) is 0. The molecule has 14 heavy (non-hydrogen) atoms. The molecule has 2 rings (SSSR count). The van der Waals surface area contributed by atoms with Crippen LogP contribution < -0.4 is 5.32 Å². The van der Waals surface area contributed by atoms with Crippen molar-refractivity contribution >= 4 is 0 Å². The molecule has 2 unspecified atom stereocenters. The molecule has 3 nitrogen and oxygen atoms in total. The van der Waals surface area contributed by atoms with Crippen LogP contribution in [0.15, 0.2) is 0 Å². The van der Waals surface area contributed by atoms with Crippen LogP contribution in [0.25, 0.3) is 0 Å². The Kier molecular flexibility index (Phi) is 3.42. The summed E-state index contributed by atoms with van der Waals surface area (Å²) in [6.07, 6.45) is 5.69. The van der Waals surface area contributed by atoms with Crippen molar-refractivity contribution in [1.29, 1.82) is 0 Å². The second-order valence-corrected chi connectivity index (χ2v) is 4.53. The Hall–Kier alpha value is -0.120. The topological polar surface area (TPSA) is 30.5 Å². The van der Waals surface area contributed by atoms with Crippen molar-refractivity contribution in [3.05, 3.63) is 0 Å². The van der Waals surface area contributed by atoms with E-state index in [0.29, 0.717) is 24.3 Å². The molecule has 2 atom stereocenters. The smallest absolute Gasteiger partial charge is 0.0726 e. The maximum atomic E-state index is 5.64. The number of rotatable bonds is 4. The van der Waals surface area contributed by atoms with Gasteiger partial charge in [0.15, 0.2) is 0 Å². The monoisotopic (exact) mass is 199 g/mol. The van der Waals surface area contributed by atoms with E-state index >= 15 is 0 Å². The van der Waals surface area contributed by atoms with Crippen molar-refractivity contribution in [2.24, 2.45) is 0 Å². The Labute approximate surface area is 86.2 Å². The molecule has 0 aromatic rings. The van der Waals surface area contributed by atoms with Gasteiger partial charge in [0.1, 0.15) is 0 Å². The number of hydrogen-bond acceptors (Lipinski definition) is 3. The van der Waals surface area contributed by atoms with Crippen molar-refractivity contribution in [2.45, 2.75) is 56.9 Å². The van der Waals surface area contributed by atoms with Gasteiger partial charge in [-0.25, -0.2) is 0 Å². The normalized spacial score (nSPS) is 39.4. The van der Waals surface area contributed by atoms with E-state index < -0.39 is 0 Å². The van der Waals surface area contributed by atoms with Gasteiger partial charge in [-0.05, 0) is 32.6 Å². The highest BCUT2D eigenvalue weighted by Gasteiger charge is 2.32. The van der Waals surface area contributed by atoms with Crippen LogP contribution in [0.3, 0.4) is 0 Å². The minimum atomic E-state index is 0.441. The van der Waals surface area contributed by atoms with E-state index in [1.807, 2.05) is 0 Å². The SMILES string of the molecule is COC1CC(NC(C)C2CCCO2)C1. The first-order valence-electron chi connectivity index (χ1n) is 5.70. The molecule has 0 spiro atoms. The number of methoxy groups -OCH3 is 1. The lowest BCUT2D eigenvalue weighted by atomic mass is 9.88. The van der Waals surface area contributed by atoms with Gasteiger partial charge in [0.25, 0.3) is 0 Å². The van der Waals surface area contributed by atoms with Gasteiger partial charge in [-0.1, -0.05) is 0 Å². The highest BCUT2D eigenvalue weighted by Crippen LogP contribution is 2.24. The molecule has 2 fully saturated rings. The molecular formula is C11H21NO2. The summed E-state index contributed by atoms with van der Waals surface area (Å²) in [5.41, 5.74) is 0. The summed E-state index contributed by atoms with van der Waals surface area (Å²) in [6.45, 7) is 3.18. The summed E-state index contributed by atoms with van der Waals surface area (Å²) in [6, 6.07) is 1.15. The molecule has 0 aromatic heterocycles. The van der Waals surface area contributed by atoms with Gasteiger partial charge in [0.2, 0.25) is 0 Å². The second-order valence-electron chi connectivity index (χ2n) is 4.53. The maximum Gasteiger partial charge on any atom is 0.0726 e. The van der Waals surface area contributed by atoms with Crippen LogP contribution in [0.4, 0.5) is 0 Å². The lowest BCUT2D eigenvalue weighted by Gasteiger charge is -2.37. The van der Waals surface area contributed by atoms with Gasteiger partial charge in [0.05, 0.1) is 12.2 Å². The lowest BCUT2D eigenvalue weighted by molar-refractivity contribution is 0.00441. The van der Waals surface area contributed by atoms with Crippen molar-refractivity contribution in [2.75, 3.05) is 13.7 Å². The molecule has 1 N–H and O–H groups in total. The fourth-order valence-corrected chi connectivity index (χ4v) is 2.37. The predicted octanol–water partition coefficient (Wildman–Crippen LogP) is 1.32. The first kappa shape index (κ1) is 10.4. The van der Waals surface area contributed by atoms with Gasteiger partial charge in [-0.3, -0.25) is 0 Å². The molecule has 0 aromatic carbocycles. The quantitative estimate of drug-likeness (QED) is 0.740. The molecule has 82 valence electrons. The molecule has 1 saturated heterocycles. The van der Waals surface area contributed by atoms with Crippen LogP contribution in [-0.4, -0.2) is 38.0 Å². The third-order valence-electron chi connectivity index (χ3n) is 3.45. The molecule has 3 heteroatoms. The van der Waals surface area contributed by atoms with E-state index in [1.165, 1.54) is 12.8 Å². The van der Waals surface area contributed by atoms with Gasteiger partial charge >= 0.3 is 0 Å². The van der Waals surface area contributed by atoms with Crippen LogP contribution in [0.5, 0.6) is 0 Å². The molecule has 1 saturated carbocycles. The summed E-state index contributed by atoms with van der Waals surface area (Å²) in [7, 11) is 1.80. The fourth-order valence-electron chi connectivity index (χ4n) is 2.37. The summed E-state index contributed by atoms with van der Waals surface area (Å²) in [5, 5.41) is 3.62. The van der Waals surface area contributed by atoms with Crippen molar-refractivity contribution in [3.63, 3.8) is 0 Å². The van der Waals surface area contributed by atoms with Crippen molar-refractivity contribution < 1.29 is 9.47 Å².